The van der Waals surface area contributed by atoms with Crippen molar-refractivity contribution in [3.63, 3.8) is 0 Å². The summed E-state index contributed by atoms with van der Waals surface area (Å²) in [7, 11) is 0. The molecule has 0 spiro atoms. The summed E-state index contributed by atoms with van der Waals surface area (Å²) in [6.07, 6.45) is 90.0. The van der Waals surface area contributed by atoms with Gasteiger partial charge in [0.15, 0.2) is 6.10 Å². The fourth-order valence-electron chi connectivity index (χ4n) is 8.06. The van der Waals surface area contributed by atoms with Crippen LogP contribution in [-0.2, 0) is 28.6 Å². The van der Waals surface area contributed by atoms with Crippen molar-refractivity contribution < 1.29 is 28.6 Å². The molecule has 6 nitrogen and oxygen atoms in total. The van der Waals surface area contributed by atoms with Crippen LogP contribution >= 0.6 is 0 Å². The van der Waals surface area contributed by atoms with Crippen LogP contribution in [0, 0.1) is 0 Å². The number of allylic oxidation sites excluding steroid dienone is 24. The van der Waals surface area contributed by atoms with Crippen LogP contribution in [0.3, 0.4) is 0 Å². The zero-order chi connectivity index (χ0) is 55.0. The van der Waals surface area contributed by atoms with Crippen LogP contribution in [0.2, 0.25) is 0 Å². The van der Waals surface area contributed by atoms with Crippen molar-refractivity contribution in [1.29, 1.82) is 0 Å². The van der Waals surface area contributed by atoms with Gasteiger partial charge in [0.05, 0.1) is 0 Å². The lowest BCUT2D eigenvalue weighted by Crippen LogP contribution is -2.30. The Balaban J connectivity index is 4.58. The van der Waals surface area contributed by atoms with Gasteiger partial charge in [-0.15, -0.1) is 0 Å². The maximum atomic E-state index is 12.9. The third-order valence-electron chi connectivity index (χ3n) is 12.6. The van der Waals surface area contributed by atoms with Crippen LogP contribution in [0.1, 0.15) is 258 Å². The highest BCUT2D eigenvalue weighted by Crippen LogP contribution is 2.15. The molecule has 0 aromatic rings. The molecule has 1 unspecified atom stereocenters. The quantitative estimate of drug-likeness (QED) is 0.0261. The molecule has 0 aliphatic heterocycles. The zero-order valence-electron chi connectivity index (χ0n) is 49.0. The molecular formula is C70H112O6. The Morgan fingerprint density at radius 2 is 0.539 bits per heavy atom. The number of ether oxygens (including phenoxy) is 3. The van der Waals surface area contributed by atoms with Gasteiger partial charge in [-0.3, -0.25) is 14.4 Å². The van der Waals surface area contributed by atoms with Gasteiger partial charge in [-0.05, 0) is 109 Å². The second kappa shape index (κ2) is 62.8. The van der Waals surface area contributed by atoms with Gasteiger partial charge in [0, 0.05) is 19.3 Å². The second-order valence-corrected chi connectivity index (χ2v) is 19.9. The fourth-order valence-corrected chi connectivity index (χ4v) is 8.06. The number of carbonyl (C=O) groups is 3. The summed E-state index contributed by atoms with van der Waals surface area (Å²) < 4.78 is 16.8. The largest absolute Gasteiger partial charge is 0.462 e. The molecule has 0 aliphatic carbocycles. The second-order valence-electron chi connectivity index (χ2n) is 19.9. The molecule has 0 aliphatic rings. The normalized spacial score (nSPS) is 13.1. The molecule has 0 radical (unpaired) electrons. The lowest BCUT2D eigenvalue weighted by atomic mass is 10.0. The molecule has 76 heavy (non-hydrogen) atoms. The van der Waals surface area contributed by atoms with E-state index in [-0.39, 0.29) is 38.0 Å². The van der Waals surface area contributed by atoms with Crippen molar-refractivity contribution in [3.05, 3.63) is 146 Å². The van der Waals surface area contributed by atoms with Gasteiger partial charge in [-0.1, -0.05) is 276 Å². The highest BCUT2D eigenvalue weighted by molar-refractivity contribution is 5.71. The van der Waals surface area contributed by atoms with Gasteiger partial charge < -0.3 is 14.2 Å². The molecule has 0 fully saturated rings. The van der Waals surface area contributed by atoms with E-state index in [0.717, 1.165) is 109 Å². The number of hydrogen-bond donors (Lipinski definition) is 0. The van der Waals surface area contributed by atoms with Crippen molar-refractivity contribution >= 4 is 17.9 Å². The van der Waals surface area contributed by atoms with Gasteiger partial charge in [0.25, 0.3) is 0 Å². The lowest BCUT2D eigenvalue weighted by molar-refractivity contribution is -0.166. The van der Waals surface area contributed by atoms with Crippen LogP contribution in [-0.4, -0.2) is 37.2 Å². The van der Waals surface area contributed by atoms with E-state index >= 15 is 0 Å². The summed E-state index contributed by atoms with van der Waals surface area (Å²) in [4.78, 5) is 38.3. The summed E-state index contributed by atoms with van der Waals surface area (Å²) >= 11 is 0. The zero-order valence-corrected chi connectivity index (χ0v) is 49.0. The van der Waals surface area contributed by atoms with Crippen molar-refractivity contribution in [2.24, 2.45) is 0 Å². The van der Waals surface area contributed by atoms with E-state index in [0.29, 0.717) is 19.3 Å². The third-order valence-corrected chi connectivity index (χ3v) is 12.6. The molecule has 0 heterocycles. The number of esters is 3. The summed E-state index contributed by atoms with van der Waals surface area (Å²) in [5.74, 6) is -1.06. The third kappa shape index (κ3) is 60.2. The van der Waals surface area contributed by atoms with E-state index in [9.17, 15) is 14.4 Å². The average molecular weight is 1050 g/mol. The highest BCUT2D eigenvalue weighted by Gasteiger charge is 2.19. The van der Waals surface area contributed by atoms with Crippen molar-refractivity contribution in [3.8, 4) is 0 Å². The summed E-state index contributed by atoms with van der Waals surface area (Å²) in [5, 5.41) is 0. The van der Waals surface area contributed by atoms with Gasteiger partial charge in [0.2, 0.25) is 0 Å². The smallest absolute Gasteiger partial charge is 0.306 e. The first-order chi connectivity index (χ1) is 37.5. The van der Waals surface area contributed by atoms with Gasteiger partial charge in [-0.25, -0.2) is 0 Å². The first-order valence-corrected chi connectivity index (χ1v) is 30.8. The van der Waals surface area contributed by atoms with Gasteiger partial charge >= 0.3 is 17.9 Å². The summed E-state index contributed by atoms with van der Waals surface area (Å²) in [6.45, 7) is 6.32. The molecule has 0 N–H and O–H groups in total. The van der Waals surface area contributed by atoms with E-state index in [2.05, 4.69) is 154 Å². The summed E-state index contributed by atoms with van der Waals surface area (Å²) in [6, 6.07) is 0. The number of rotatable bonds is 54. The predicted molar refractivity (Wildman–Crippen MR) is 329 cm³/mol. The maximum Gasteiger partial charge on any atom is 0.306 e. The Labute approximate surface area is 467 Å². The Hall–Kier alpha value is -4.71. The molecule has 428 valence electrons. The van der Waals surface area contributed by atoms with Crippen molar-refractivity contribution in [1.82, 2.24) is 0 Å². The Morgan fingerprint density at radius 1 is 0.276 bits per heavy atom. The topological polar surface area (TPSA) is 78.9 Å². The summed E-state index contributed by atoms with van der Waals surface area (Å²) in [5.41, 5.74) is 0. The minimum absolute atomic E-state index is 0.126. The minimum Gasteiger partial charge on any atom is -0.462 e. The van der Waals surface area contributed by atoms with E-state index in [1.807, 2.05) is 12.2 Å². The van der Waals surface area contributed by atoms with Crippen LogP contribution in [0.15, 0.2) is 146 Å². The monoisotopic (exact) mass is 1050 g/mol. The first-order valence-electron chi connectivity index (χ1n) is 30.8. The highest BCUT2D eigenvalue weighted by atomic mass is 16.6. The van der Waals surface area contributed by atoms with E-state index in [1.54, 1.807) is 0 Å². The number of carbonyl (C=O) groups excluding carboxylic acids is 3. The van der Waals surface area contributed by atoms with Crippen molar-refractivity contribution in [2.75, 3.05) is 13.2 Å². The van der Waals surface area contributed by atoms with Crippen molar-refractivity contribution in [2.45, 2.75) is 264 Å². The van der Waals surface area contributed by atoms with Gasteiger partial charge in [0.1, 0.15) is 13.2 Å². The molecule has 0 saturated carbocycles. The Bertz CT molecular complexity index is 1680. The Kier molecular flexibility index (Phi) is 58.9. The lowest BCUT2D eigenvalue weighted by Gasteiger charge is -2.18. The fraction of sp³-hybridized carbons (Fsp3) is 0.614. The molecule has 6 heteroatoms. The molecular weight excluding hydrogens is 937 g/mol. The molecule has 0 bridgehead atoms. The SMILES string of the molecule is CC/C=C\C/C=C\C/C=C\C/C=C\C/C=C\C/C=C\CCCCC(=O)OCC(COC(=O)CCCCCCCCCCCCCCCCCCCC)OC(=O)CC/C=C\C/C=C\C/C=C\C/C=C\C/C=C\C/C=C\CC. The molecule has 0 aromatic heterocycles. The molecule has 0 aromatic carbocycles. The Morgan fingerprint density at radius 3 is 0.855 bits per heavy atom. The maximum absolute atomic E-state index is 12.9. The van der Waals surface area contributed by atoms with Crippen LogP contribution in [0.25, 0.3) is 0 Å². The first kappa shape index (κ1) is 71.3. The van der Waals surface area contributed by atoms with E-state index in [1.165, 1.54) is 96.3 Å². The molecule has 0 rings (SSSR count). The molecule has 0 amide bonds. The molecule has 1 atom stereocenters. The van der Waals surface area contributed by atoms with Crippen LogP contribution < -0.4 is 0 Å². The average Bonchev–Trinajstić information content (AvgIpc) is 3.42. The number of unbranched alkanes of at least 4 members (excludes halogenated alkanes) is 19. The number of hydrogen-bond acceptors (Lipinski definition) is 6. The van der Waals surface area contributed by atoms with E-state index < -0.39 is 12.1 Å². The van der Waals surface area contributed by atoms with Crippen LogP contribution in [0.5, 0.6) is 0 Å². The van der Waals surface area contributed by atoms with E-state index in [4.69, 9.17) is 14.2 Å². The predicted octanol–water partition coefficient (Wildman–Crippen LogP) is 21.2. The standard InChI is InChI=1S/C70H112O6/c1-4-7-10-13-16-19-22-25-28-31-34-35-37-39-42-45-48-51-54-57-60-63-69(72)75-66-67(65-74-68(71)62-59-56-53-50-47-44-41-38-33-30-27-24-21-18-15-12-9-6-3)76-70(73)64-61-58-55-52-49-46-43-40-36-32-29-26-23-20-17-14-11-8-5-2/h7-8,10-11,16-17,19-20,25-26,28-29,34-36,39-40,42,46,48-49,51,55,58,67H,4-6,9,12-15,18,21-24,27,30-33,37-38,41,43-45,47,50,52-54,56-57,59-66H2,1-3H3/b10-7-,11-8-,19-16-,20-17-,28-25-,29-26-,35-34-,40-36-,42-39-,49-46-,51-48-,58-55-. The molecule has 0 saturated heterocycles. The minimum atomic E-state index is -0.843. The van der Waals surface area contributed by atoms with Gasteiger partial charge in [-0.2, -0.15) is 0 Å². The van der Waals surface area contributed by atoms with Crippen LogP contribution in [0.4, 0.5) is 0 Å².